The number of ketones is 1. The van der Waals surface area contributed by atoms with Gasteiger partial charge in [-0.15, -0.1) is 13.2 Å². The molecule has 0 spiro atoms. The zero-order valence-electron chi connectivity index (χ0n) is 50.0. The van der Waals surface area contributed by atoms with E-state index in [1.165, 1.54) is 28.3 Å². The second kappa shape index (κ2) is 47.3. The summed E-state index contributed by atoms with van der Waals surface area (Å²) in [6, 6.07) is 40.0. The SMILES string of the molecule is BrCc1cc(Br)ccc1Br.C=C1CCOCc2cc(Br)ccc21.C=CCCO.C=CCCOCc1cc(Br)ccc1Br.CCOC(=O)c1cc(Br)ccc1Br.FC1(F)CCOCc2cc(Br)ccc21.O=C1CCOCc2cc(Br)ccc21.OCc1cc(Br)ccc1Br. The highest BCUT2D eigenvalue weighted by Gasteiger charge is 2.35. The third-order valence-corrected chi connectivity index (χ3v) is 19.5. The van der Waals surface area contributed by atoms with Gasteiger partial charge in [-0.2, -0.15) is 0 Å². The van der Waals surface area contributed by atoms with Crippen LogP contribution >= 0.6 is 191 Å². The number of carbonyl (C=O) groups is 2. The van der Waals surface area contributed by atoms with Crippen molar-refractivity contribution < 1.29 is 52.3 Å². The quantitative estimate of drug-likeness (QED) is 0.0564. The van der Waals surface area contributed by atoms with Gasteiger partial charge < -0.3 is 33.9 Å². The zero-order valence-corrected chi connectivity index (χ0v) is 69.0. The van der Waals surface area contributed by atoms with Crippen LogP contribution in [0.4, 0.5) is 8.78 Å². The number of fused-ring (bicyclic) bond motifs is 3. The molecule has 7 aromatic rings. The van der Waals surface area contributed by atoms with Crippen molar-refractivity contribution >= 4 is 208 Å². The van der Waals surface area contributed by atoms with E-state index in [9.17, 15) is 18.4 Å². The number of aliphatic hydroxyl groups excluding tert-OH is 2. The standard InChI is InChI=1S/C11H12Br2O.C11H11BrO.C10H9BrF2O.C10H9BrO2.C9H8Br2O2.C7H5Br3.C7H6Br2O.C4H8O/c1-2-3-6-14-8-9-7-10(12)4-5-11(9)13;1-8-4-5-13-7-9-6-10(12)2-3-11(8)9;11-8-1-2-9-7(5-8)6-14-4-3-10(9,12)13;11-8-1-2-9-7(5-8)6-13-4-3-10(9)12;1-2-13-9(12)7-5-6(10)3-4-8(7)11;8-4-5-3-6(9)1-2-7(5)10;8-6-1-2-7(9)5(3-6)4-10;1-2-3-4-5/h2,4-5,7H,1,3,6,8H2;2-3,6H,1,4-5,7H2;1-2,5H,3-4,6H2;1-2,5H,3-4,6H2;3-5H,2H2,1H3;1-3H,4H2;1-3,10H,4H2;2,5H,1,3-4H2. The minimum Gasteiger partial charge on any atom is -0.462 e. The largest absolute Gasteiger partial charge is 0.462 e. The van der Waals surface area contributed by atoms with E-state index in [1.807, 2.05) is 72.8 Å². The first-order valence-corrected chi connectivity index (χ1v) is 38.0. The van der Waals surface area contributed by atoms with Gasteiger partial charge in [0.1, 0.15) is 0 Å². The fraction of sp³-hybridized carbons (Fsp3) is 0.275. The van der Waals surface area contributed by atoms with Crippen LogP contribution in [0.2, 0.25) is 0 Å². The summed E-state index contributed by atoms with van der Waals surface area (Å²) < 4.78 is 64.1. The predicted molar refractivity (Wildman–Crippen MR) is 411 cm³/mol. The Kier molecular flexibility index (Phi) is 43.5. The van der Waals surface area contributed by atoms with E-state index < -0.39 is 5.92 Å². The zero-order chi connectivity index (χ0) is 68.2. The highest BCUT2D eigenvalue weighted by molar-refractivity contribution is 9.12. The Balaban J connectivity index is 0.000000277. The van der Waals surface area contributed by atoms with E-state index in [0.29, 0.717) is 57.0 Å². The van der Waals surface area contributed by atoms with Crippen LogP contribution in [-0.4, -0.2) is 61.6 Å². The van der Waals surface area contributed by atoms with Crippen molar-refractivity contribution in [2.24, 2.45) is 0 Å². The molecule has 3 aliphatic heterocycles. The molecule has 2 N–H and O–H groups in total. The molecule has 0 aromatic heterocycles. The Bertz CT molecular complexity index is 3360. The summed E-state index contributed by atoms with van der Waals surface area (Å²) >= 11 is 40.4. The van der Waals surface area contributed by atoms with Crippen LogP contribution in [0.5, 0.6) is 0 Å². The van der Waals surface area contributed by atoms with E-state index >= 15 is 0 Å². The summed E-state index contributed by atoms with van der Waals surface area (Å²) in [4.78, 5) is 22.9. The Labute approximate surface area is 640 Å². The van der Waals surface area contributed by atoms with Gasteiger partial charge in [-0.05, 0) is 202 Å². The number of carbonyl (C=O) groups excluding carboxylic acids is 2. The number of ether oxygens (including phenoxy) is 5. The summed E-state index contributed by atoms with van der Waals surface area (Å²) in [6.45, 7) is 17.8. The fourth-order valence-corrected chi connectivity index (χ4v) is 13.0. The topological polar surface area (TPSA) is 121 Å². The summed E-state index contributed by atoms with van der Waals surface area (Å²) in [5.41, 5.74) is 9.97. The number of esters is 1. The van der Waals surface area contributed by atoms with E-state index in [4.69, 9.17) is 33.9 Å². The molecule has 0 fully saturated rings. The number of aliphatic hydroxyl groups is 2. The number of hydrogen-bond acceptors (Lipinski definition) is 9. The van der Waals surface area contributed by atoms with Crippen LogP contribution in [0.25, 0.3) is 5.57 Å². The molecule has 10 rings (SSSR count). The average Bonchev–Trinajstić information content (AvgIpc) is 1.59. The second-order valence-corrected chi connectivity index (χ2v) is 29.7. The van der Waals surface area contributed by atoms with E-state index in [2.05, 4.69) is 241 Å². The number of hydrogen-bond donors (Lipinski definition) is 2. The van der Waals surface area contributed by atoms with Gasteiger partial charge in [0.25, 0.3) is 5.92 Å². The maximum Gasteiger partial charge on any atom is 0.339 e. The highest BCUT2D eigenvalue weighted by atomic mass is 79.9. The molecule has 92 heavy (non-hydrogen) atoms. The lowest BCUT2D eigenvalue weighted by molar-refractivity contribution is -0.0296. The maximum absolute atomic E-state index is 13.5. The van der Waals surface area contributed by atoms with Crippen LogP contribution in [0.15, 0.2) is 208 Å². The Morgan fingerprint density at radius 2 is 1.01 bits per heavy atom. The third kappa shape index (κ3) is 32.3. The van der Waals surface area contributed by atoms with Crippen molar-refractivity contribution in [2.45, 2.75) is 83.3 Å². The molecule has 0 amide bonds. The lowest BCUT2D eigenvalue weighted by Gasteiger charge is -2.15. The van der Waals surface area contributed by atoms with Crippen LogP contribution in [-0.2, 0) is 68.0 Å². The minimum absolute atomic E-state index is 0.0695. The van der Waals surface area contributed by atoms with E-state index in [-0.39, 0.29) is 50.2 Å². The molecule has 0 aliphatic carbocycles. The number of Topliss-reactive ketones (excluding diaryl/α,β-unsaturated/α-hetero) is 1. The molecule has 0 atom stereocenters. The van der Waals surface area contributed by atoms with Gasteiger partial charge in [0.2, 0.25) is 0 Å². The first-order chi connectivity index (χ1) is 43.9. The lowest BCUT2D eigenvalue weighted by Crippen LogP contribution is -2.14. The molecule has 0 unspecified atom stereocenters. The van der Waals surface area contributed by atoms with Crippen molar-refractivity contribution in [3.8, 4) is 0 Å². The third-order valence-electron chi connectivity index (χ3n) is 12.5. The molecule has 9 nitrogen and oxygen atoms in total. The molecule has 0 bridgehead atoms. The van der Waals surface area contributed by atoms with Crippen molar-refractivity contribution in [1.82, 2.24) is 0 Å². The minimum atomic E-state index is -2.76. The summed E-state index contributed by atoms with van der Waals surface area (Å²) in [6.07, 6.45) is 6.34. The van der Waals surface area contributed by atoms with Crippen LogP contribution in [0.1, 0.15) is 104 Å². The van der Waals surface area contributed by atoms with Crippen molar-refractivity contribution in [1.29, 1.82) is 0 Å². The molecule has 0 saturated carbocycles. The van der Waals surface area contributed by atoms with Gasteiger partial charge in [-0.25, -0.2) is 13.6 Å². The summed E-state index contributed by atoms with van der Waals surface area (Å²) in [5, 5.41) is 17.7. The molecule has 3 aliphatic rings. The van der Waals surface area contributed by atoms with Gasteiger partial charge in [0.15, 0.2) is 5.78 Å². The smallest absolute Gasteiger partial charge is 0.339 e. The molecule has 3 heterocycles. The molecule has 7 aromatic carbocycles. The van der Waals surface area contributed by atoms with Crippen LogP contribution in [0, 0.1) is 0 Å². The fourth-order valence-electron chi connectivity index (χ4n) is 7.80. The first kappa shape index (κ1) is 84.5. The monoisotopic (exact) mass is 2030 g/mol. The van der Waals surface area contributed by atoms with E-state index in [1.54, 1.807) is 37.3 Å². The summed E-state index contributed by atoms with van der Waals surface area (Å²) in [7, 11) is 0. The second-order valence-electron chi connectivity index (χ2n) is 19.3. The summed E-state index contributed by atoms with van der Waals surface area (Å²) in [5.74, 6) is -2.89. The lowest BCUT2D eigenvalue weighted by atomic mass is 10.0. The van der Waals surface area contributed by atoms with Crippen molar-refractivity contribution in [3.63, 3.8) is 0 Å². The molecule has 0 saturated heterocycles. The number of benzene rings is 7. The van der Waals surface area contributed by atoms with Gasteiger partial charge in [0, 0.05) is 85.1 Å². The normalized spacial score (nSPS) is 13.2. The molecule has 23 heteroatoms. The van der Waals surface area contributed by atoms with E-state index in [0.717, 1.165) is 103 Å². The number of rotatable bonds is 11. The number of alkyl halides is 3. The molecule has 496 valence electrons. The van der Waals surface area contributed by atoms with Crippen molar-refractivity contribution in [2.75, 3.05) is 39.6 Å². The van der Waals surface area contributed by atoms with Crippen LogP contribution in [0.3, 0.4) is 0 Å². The van der Waals surface area contributed by atoms with Crippen LogP contribution < -0.4 is 0 Å². The number of halogens is 14. The van der Waals surface area contributed by atoms with Gasteiger partial charge in [-0.3, -0.25) is 4.79 Å². The van der Waals surface area contributed by atoms with Crippen molar-refractivity contribution in [3.05, 3.63) is 264 Å². The van der Waals surface area contributed by atoms with Gasteiger partial charge in [0.05, 0.1) is 71.6 Å². The predicted octanol–water partition coefficient (Wildman–Crippen LogP) is 24.5. The maximum atomic E-state index is 13.5. The van der Waals surface area contributed by atoms with Gasteiger partial charge >= 0.3 is 5.97 Å². The molecular weight excluding hydrogens is 1970 g/mol. The van der Waals surface area contributed by atoms with Gasteiger partial charge in [-0.1, -0.05) is 206 Å². The Morgan fingerprint density at radius 1 is 0.565 bits per heavy atom. The first-order valence-electron chi connectivity index (χ1n) is 28.1. The molecule has 0 radical (unpaired) electrons. The Hall–Kier alpha value is -1.72. The molecular formula is C69H68Br12F2O9. The average molecular weight is 2040 g/mol. The highest BCUT2D eigenvalue weighted by Crippen LogP contribution is 2.38. The Morgan fingerprint density at radius 3 is 1.53 bits per heavy atom.